The van der Waals surface area contributed by atoms with Crippen molar-refractivity contribution in [2.75, 3.05) is 9.80 Å². The third-order valence-corrected chi connectivity index (χ3v) is 19.1. The molecule has 4 aromatic heterocycles. The quantitative estimate of drug-likeness (QED) is 0.136. The molecule has 0 saturated carbocycles. The third-order valence-electron chi connectivity index (χ3n) is 17.1. The van der Waals surface area contributed by atoms with Gasteiger partial charge in [-0.1, -0.05) is 146 Å². The zero-order valence-electron chi connectivity index (χ0n) is 43.8. The van der Waals surface area contributed by atoms with Crippen LogP contribution in [0, 0.1) is 0 Å². The van der Waals surface area contributed by atoms with Gasteiger partial charge in [-0.25, -0.2) is 0 Å². The van der Waals surface area contributed by atoms with E-state index in [2.05, 4.69) is 286 Å². The van der Waals surface area contributed by atoms with Crippen LogP contribution in [0.5, 0.6) is 0 Å². The van der Waals surface area contributed by atoms with Crippen LogP contribution in [0.25, 0.3) is 86.7 Å². The highest BCUT2D eigenvalue weighted by Crippen LogP contribution is 2.66. The van der Waals surface area contributed by atoms with Crippen LogP contribution < -0.4 is 9.80 Å². The lowest BCUT2D eigenvalue weighted by Crippen LogP contribution is -2.26. The fourth-order valence-corrected chi connectivity index (χ4v) is 15.8. The minimum atomic E-state index is -0.532. The molecule has 79 heavy (non-hydrogen) atoms. The molecule has 10 aromatic carbocycles. The number of hydrogen-bond donors (Lipinski definition) is 0. The van der Waals surface area contributed by atoms with Gasteiger partial charge in [-0.2, -0.15) is 0 Å². The van der Waals surface area contributed by atoms with Gasteiger partial charge in [0.25, 0.3) is 0 Å². The number of rotatable bonds is 10. The van der Waals surface area contributed by atoms with Crippen LogP contribution >= 0.6 is 22.7 Å². The van der Waals surface area contributed by atoms with Crippen LogP contribution in [0.1, 0.15) is 36.1 Å². The summed E-state index contributed by atoms with van der Waals surface area (Å²) >= 11 is 3.75. The van der Waals surface area contributed by atoms with Gasteiger partial charge >= 0.3 is 0 Å². The van der Waals surface area contributed by atoms with E-state index in [9.17, 15) is 0 Å². The zero-order chi connectivity index (χ0) is 52.3. The standard InChI is InChI=1S/C73H52N4S2/c1-3-74-67-41-49(47-17-9-5-10-18-47)25-31-59(67)61-35-29-55(45-69(61)74)76(51-21-13-7-14-22-51)53-27-33-57-58-34-28-54(44-66(58)73(65(57)43-53)63-37-39-78-71(63)72-64(73)38-40-79-72)77(52-23-15-8-16-24-52)56-30-36-62-60-32-26-50(48-19-11-6-12-20-48)42-68(60)75(4-2)70(62)46-56/h5-46H,3-4H2,1-2H3. The van der Waals surface area contributed by atoms with Crippen molar-refractivity contribution in [3.63, 3.8) is 0 Å². The lowest BCUT2D eigenvalue weighted by Gasteiger charge is -2.32. The van der Waals surface area contributed by atoms with Gasteiger partial charge in [0.05, 0.1) is 16.4 Å². The summed E-state index contributed by atoms with van der Waals surface area (Å²) in [6, 6.07) is 90.8. The van der Waals surface area contributed by atoms with Crippen molar-refractivity contribution in [2.24, 2.45) is 0 Å². The fraction of sp³-hybridized carbons (Fsp3) is 0.0685. The van der Waals surface area contributed by atoms with E-state index in [-0.39, 0.29) is 0 Å². The van der Waals surface area contributed by atoms with Crippen LogP contribution in [0.2, 0.25) is 0 Å². The van der Waals surface area contributed by atoms with E-state index in [0.717, 1.165) is 47.2 Å². The van der Waals surface area contributed by atoms with Gasteiger partial charge in [-0.05, 0) is 177 Å². The Kier molecular flexibility index (Phi) is 10.4. The monoisotopic (exact) mass is 1050 g/mol. The Balaban J connectivity index is 0.872. The Morgan fingerprint density at radius 1 is 0.316 bits per heavy atom. The van der Waals surface area contributed by atoms with E-state index < -0.39 is 5.41 Å². The first-order valence-corrected chi connectivity index (χ1v) is 29.2. The molecule has 0 N–H and O–H groups in total. The van der Waals surface area contributed by atoms with Crippen molar-refractivity contribution in [3.8, 4) is 43.1 Å². The molecule has 0 unspecified atom stereocenters. The maximum absolute atomic E-state index is 2.53. The topological polar surface area (TPSA) is 16.3 Å². The second kappa shape index (κ2) is 17.9. The molecule has 6 heteroatoms. The van der Waals surface area contributed by atoms with E-state index in [1.807, 2.05) is 22.7 Å². The summed E-state index contributed by atoms with van der Waals surface area (Å²) in [5.41, 5.74) is 24.1. The van der Waals surface area contributed by atoms with Crippen LogP contribution in [0.3, 0.4) is 0 Å². The molecule has 14 aromatic rings. The van der Waals surface area contributed by atoms with Crippen molar-refractivity contribution < 1.29 is 0 Å². The summed E-state index contributed by atoms with van der Waals surface area (Å²) in [6.45, 7) is 6.25. The SMILES string of the molecule is CCn1c2cc(-c3ccccc3)ccc2c2ccc(N(c3ccccc3)c3ccc4c(c3)C3(c5cc(N(c6ccccc6)c6ccc7c8ccc(-c9ccccc9)cc8n(CC)c7c6)ccc5-4)c4ccsc4-c4sccc43)cc21. The number of anilines is 6. The molecule has 16 rings (SSSR count). The number of thiophene rings is 2. The molecule has 0 amide bonds. The maximum atomic E-state index is 2.53. The van der Waals surface area contributed by atoms with Crippen molar-refractivity contribution in [3.05, 3.63) is 276 Å². The van der Waals surface area contributed by atoms with Gasteiger partial charge in [-0.15, -0.1) is 22.7 Å². The molecule has 0 saturated heterocycles. The molecule has 0 aliphatic heterocycles. The lowest BCUT2D eigenvalue weighted by molar-refractivity contribution is 0.798. The predicted octanol–water partition coefficient (Wildman–Crippen LogP) is 20.7. The first-order valence-electron chi connectivity index (χ1n) is 27.5. The first kappa shape index (κ1) is 45.9. The van der Waals surface area contributed by atoms with Gasteiger partial charge in [0.2, 0.25) is 0 Å². The minimum absolute atomic E-state index is 0.532. The molecular formula is C73H52N4S2. The molecule has 2 aliphatic carbocycles. The Morgan fingerprint density at radius 2 is 0.671 bits per heavy atom. The highest BCUT2D eigenvalue weighted by molar-refractivity contribution is 7.21. The van der Waals surface area contributed by atoms with Crippen LogP contribution in [-0.4, -0.2) is 9.13 Å². The molecule has 2 aliphatic rings. The van der Waals surface area contributed by atoms with Crippen molar-refractivity contribution in [1.82, 2.24) is 9.13 Å². The minimum Gasteiger partial charge on any atom is -0.341 e. The molecule has 376 valence electrons. The van der Waals surface area contributed by atoms with Crippen molar-refractivity contribution in [1.29, 1.82) is 0 Å². The molecule has 0 atom stereocenters. The summed E-state index contributed by atoms with van der Waals surface area (Å²) in [5, 5.41) is 9.70. The van der Waals surface area contributed by atoms with Crippen LogP contribution in [0.15, 0.2) is 253 Å². The van der Waals surface area contributed by atoms with E-state index in [1.54, 1.807) is 0 Å². The Labute approximate surface area is 467 Å². The van der Waals surface area contributed by atoms with E-state index in [1.165, 1.54) is 109 Å². The number of para-hydroxylation sites is 2. The Morgan fingerprint density at radius 3 is 1.08 bits per heavy atom. The summed E-state index contributed by atoms with van der Waals surface area (Å²) in [5.74, 6) is 0. The molecule has 1 spiro atoms. The predicted molar refractivity (Wildman–Crippen MR) is 336 cm³/mol. The third kappa shape index (κ3) is 6.78. The second-order valence-corrected chi connectivity index (χ2v) is 22.8. The highest BCUT2D eigenvalue weighted by Gasteiger charge is 2.53. The first-order chi connectivity index (χ1) is 39.1. The number of nitrogens with zero attached hydrogens (tertiary/aromatic N) is 4. The maximum Gasteiger partial charge on any atom is 0.0743 e. The zero-order valence-corrected chi connectivity index (χ0v) is 45.4. The van der Waals surface area contributed by atoms with E-state index >= 15 is 0 Å². The van der Waals surface area contributed by atoms with Crippen LogP contribution in [0.4, 0.5) is 34.1 Å². The number of benzene rings is 10. The molecule has 4 heterocycles. The smallest absolute Gasteiger partial charge is 0.0743 e. The Hall–Kier alpha value is -9.20. The van der Waals surface area contributed by atoms with E-state index in [0.29, 0.717) is 0 Å². The highest BCUT2D eigenvalue weighted by atomic mass is 32.1. The number of hydrogen-bond acceptors (Lipinski definition) is 4. The number of fused-ring (bicyclic) bond motifs is 16. The molecule has 0 fully saturated rings. The fourth-order valence-electron chi connectivity index (χ4n) is 13.7. The largest absolute Gasteiger partial charge is 0.341 e. The van der Waals surface area contributed by atoms with Crippen molar-refractivity contribution in [2.45, 2.75) is 32.4 Å². The number of aromatic nitrogens is 2. The normalized spacial score (nSPS) is 12.9. The van der Waals surface area contributed by atoms with Gasteiger partial charge in [0.15, 0.2) is 0 Å². The van der Waals surface area contributed by atoms with E-state index in [4.69, 9.17) is 0 Å². The Bertz CT molecular complexity index is 4400. The second-order valence-electron chi connectivity index (χ2n) is 21.0. The summed E-state index contributed by atoms with van der Waals surface area (Å²) in [4.78, 5) is 7.69. The average Bonchev–Trinajstić information content (AvgIpc) is 2.65. The number of aryl methyl sites for hydroxylation is 2. The van der Waals surface area contributed by atoms with Gasteiger partial charge < -0.3 is 18.9 Å². The van der Waals surface area contributed by atoms with Gasteiger partial charge in [0, 0.05) is 89.5 Å². The summed E-state index contributed by atoms with van der Waals surface area (Å²) in [6.07, 6.45) is 0. The molecule has 4 nitrogen and oxygen atoms in total. The van der Waals surface area contributed by atoms with Crippen LogP contribution in [-0.2, 0) is 18.5 Å². The molecular weight excluding hydrogens is 997 g/mol. The van der Waals surface area contributed by atoms with Gasteiger partial charge in [0.1, 0.15) is 0 Å². The summed E-state index contributed by atoms with van der Waals surface area (Å²) < 4.78 is 4.98. The van der Waals surface area contributed by atoms with Crippen molar-refractivity contribution >= 4 is 100 Å². The molecule has 0 bridgehead atoms. The van der Waals surface area contributed by atoms with Gasteiger partial charge in [-0.3, -0.25) is 0 Å². The molecule has 0 radical (unpaired) electrons. The lowest BCUT2D eigenvalue weighted by atomic mass is 9.71. The average molecular weight is 1050 g/mol. The summed E-state index contributed by atoms with van der Waals surface area (Å²) in [7, 11) is 0.